The molecule has 0 saturated carbocycles. The Morgan fingerprint density at radius 3 is 2.36 bits per heavy atom. The fourth-order valence-corrected chi connectivity index (χ4v) is 3.31. The average molecular weight is 364 g/mol. The topological polar surface area (TPSA) is 83.8 Å². The van der Waals surface area contributed by atoms with Crippen molar-refractivity contribution in [2.45, 2.75) is 50.3 Å². The van der Waals surface area contributed by atoms with Crippen LogP contribution >= 0.6 is 0 Å². The van der Waals surface area contributed by atoms with Gasteiger partial charge in [0.05, 0.1) is 0 Å². The first-order valence-electron chi connectivity index (χ1n) is 8.48. The van der Waals surface area contributed by atoms with E-state index < -0.39 is 10.1 Å². The first kappa shape index (κ1) is 19.3. The molecule has 0 aliphatic heterocycles. The van der Waals surface area contributed by atoms with Crippen LogP contribution in [0.3, 0.4) is 0 Å². The fourth-order valence-electron chi connectivity index (χ4n) is 2.65. The minimum atomic E-state index is -4.43. The van der Waals surface area contributed by atoms with E-state index in [9.17, 15) is 18.1 Å². The number of aromatic hydroxyl groups is 1. The number of ether oxygens (including phenoxy) is 1. The number of phenolic OH excluding ortho intramolecular Hbond substituents is 1. The van der Waals surface area contributed by atoms with Gasteiger partial charge < -0.3 is 9.84 Å². The number of unbranched alkanes of at least 4 members (excludes halogenated alkanes) is 4. The maximum absolute atomic E-state index is 11.7. The second-order valence-electron chi connectivity index (χ2n) is 5.95. The molecule has 2 aromatic carbocycles. The Bertz CT molecular complexity index is 799. The molecular formula is C19H24O5S. The summed E-state index contributed by atoms with van der Waals surface area (Å²) in [5, 5.41) is 9.89. The molecule has 0 amide bonds. The Balaban J connectivity index is 2.31. The van der Waals surface area contributed by atoms with Crippen molar-refractivity contribution in [1.82, 2.24) is 0 Å². The van der Waals surface area contributed by atoms with Gasteiger partial charge in [0.1, 0.15) is 4.90 Å². The van der Waals surface area contributed by atoms with Gasteiger partial charge in [0.25, 0.3) is 10.1 Å². The lowest BCUT2D eigenvalue weighted by molar-refractivity contribution is 0.398. The van der Waals surface area contributed by atoms with Gasteiger partial charge in [-0.15, -0.1) is 0 Å². The summed E-state index contributed by atoms with van der Waals surface area (Å²) >= 11 is 0. The number of hydrogen-bond acceptors (Lipinski definition) is 4. The van der Waals surface area contributed by atoms with Crippen LogP contribution in [0.2, 0.25) is 0 Å². The Kier molecular flexibility index (Phi) is 6.84. The molecule has 0 bridgehead atoms. The number of para-hydroxylation sites is 3. The lowest BCUT2D eigenvalue weighted by atomic mass is 10.0. The third-order valence-corrected chi connectivity index (χ3v) is 4.84. The Morgan fingerprint density at radius 1 is 0.960 bits per heavy atom. The highest BCUT2D eigenvalue weighted by molar-refractivity contribution is 7.86. The maximum atomic E-state index is 11.7. The van der Waals surface area contributed by atoms with Crippen LogP contribution < -0.4 is 4.74 Å². The Morgan fingerprint density at radius 2 is 1.68 bits per heavy atom. The molecule has 136 valence electrons. The van der Waals surface area contributed by atoms with Crippen LogP contribution in [0.4, 0.5) is 0 Å². The number of rotatable bonds is 9. The smallest absolute Gasteiger partial charge is 0.298 e. The van der Waals surface area contributed by atoms with Gasteiger partial charge in [0.15, 0.2) is 17.2 Å². The molecule has 0 radical (unpaired) electrons. The van der Waals surface area contributed by atoms with Gasteiger partial charge >= 0.3 is 0 Å². The first-order valence-corrected chi connectivity index (χ1v) is 9.92. The molecule has 6 heteroatoms. The molecule has 0 unspecified atom stereocenters. The Labute approximate surface area is 149 Å². The van der Waals surface area contributed by atoms with Crippen molar-refractivity contribution in [3.05, 3.63) is 48.0 Å². The van der Waals surface area contributed by atoms with Crippen molar-refractivity contribution in [2.24, 2.45) is 0 Å². The van der Waals surface area contributed by atoms with Crippen LogP contribution in [0, 0.1) is 0 Å². The van der Waals surface area contributed by atoms with Crippen molar-refractivity contribution < 1.29 is 22.8 Å². The van der Waals surface area contributed by atoms with E-state index >= 15 is 0 Å². The van der Waals surface area contributed by atoms with Crippen LogP contribution in [0.1, 0.15) is 44.6 Å². The molecule has 2 aromatic rings. The highest BCUT2D eigenvalue weighted by Crippen LogP contribution is 2.37. The number of hydrogen-bond donors (Lipinski definition) is 2. The van der Waals surface area contributed by atoms with Gasteiger partial charge in [0.2, 0.25) is 0 Å². The number of benzene rings is 2. The highest BCUT2D eigenvalue weighted by atomic mass is 32.2. The standard InChI is InChI=1S/C19H24O5S/c1-2-3-4-5-6-10-15-11-9-14-18(25(21,22)23)19(15)24-17-13-8-7-12-16(17)20/h7-9,11-14,20H,2-6,10H2,1H3,(H,21,22,23). The van der Waals surface area contributed by atoms with Gasteiger partial charge in [-0.05, 0) is 36.6 Å². The van der Waals surface area contributed by atoms with Gasteiger partial charge in [0, 0.05) is 0 Å². The lowest BCUT2D eigenvalue weighted by Crippen LogP contribution is -2.04. The van der Waals surface area contributed by atoms with Gasteiger partial charge in [-0.25, -0.2) is 0 Å². The molecule has 0 fully saturated rings. The van der Waals surface area contributed by atoms with Crippen molar-refractivity contribution in [2.75, 3.05) is 0 Å². The minimum absolute atomic E-state index is 0.0713. The molecule has 0 saturated heterocycles. The van der Waals surface area contributed by atoms with E-state index in [-0.39, 0.29) is 22.1 Å². The van der Waals surface area contributed by atoms with E-state index in [1.54, 1.807) is 30.3 Å². The fraction of sp³-hybridized carbons (Fsp3) is 0.368. The summed E-state index contributed by atoms with van der Waals surface area (Å²) in [7, 11) is -4.43. The van der Waals surface area contributed by atoms with E-state index in [1.807, 2.05) is 0 Å². The largest absolute Gasteiger partial charge is 0.504 e. The van der Waals surface area contributed by atoms with Crippen molar-refractivity contribution in [1.29, 1.82) is 0 Å². The van der Waals surface area contributed by atoms with E-state index in [0.717, 1.165) is 25.7 Å². The van der Waals surface area contributed by atoms with E-state index in [0.29, 0.717) is 12.0 Å². The number of aryl methyl sites for hydroxylation is 1. The zero-order valence-corrected chi connectivity index (χ0v) is 15.1. The lowest BCUT2D eigenvalue weighted by Gasteiger charge is -2.15. The second kappa shape index (κ2) is 8.87. The zero-order chi connectivity index (χ0) is 18.3. The van der Waals surface area contributed by atoms with E-state index in [4.69, 9.17) is 4.74 Å². The van der Waals surface area contributed by atoms with Crippen LogP contribution in [-0.4, -0.2) is 18.1 Å². The van der Waals surface area contributed by atoms with Crippen LogP contribution in [-0.2, 0) is 16.5 Å². The third-order valence-electron chi connectivity index (χ3n) is 3.97. The normalized spacial score (nSPS) is 11.4. The van der Waals surface area contributed by atoms with Crippen LogP contribution in [0.25, 0.3) is 0 Å². The molecule has 0 spiro atoms. The highest BCUT2D eigenvalue weighted by Gasteiger charge is 2.21. The molecule has 0 heterocycles. The molecule has 0 aliphatic rings. The second-order valence-corrected chi connectivity index (χ2v) is 7.34. The summed E-state index contributed by atoms with van der Waals surface area (Å²) in [6, 6.07) is 11.0. The van der Waals surface area contributed by atoms with Gasteiger partial charge in [-0.2, -0.15) is 8.42 Å². The average Bonchev–Trinajstić information content (AvgIpc) is 2.57. The maximum Gasteiger partial charge on any atom is 0.298 e. The molecule has 0 atom stereocenters. The van der Waals surface area contributed by atoms with Gasteiger partial charge in [-0.1, -0.05) is 56.9 Å². The molecule has 0 aromatic heterocycles. The number of phenols is 1. The summed E-state index contributed by atoms with van der Waals surface area (Å²) in [4.78, 5) is -0.290. The summed E-state index contributed by atoms with van der Waals surface area (Å²) in [6.45, 7) is 2.15. The van der Waals surface area contributed by atoms with Crippen molar-refractivity contribution in [3.63, 3.8) is 0 Å². The van der Waals surface area contributed by atoms with Gasteiger partial charge in [-0.3, -0.25) is 4.55 Å². The SMILES string of the molecule is CCCCCCCc1cccc(S(=O)(=O)O)c1Oc1ccccc1O. The van der Waals surface area contributed by atoms with Crippen LogP contribution in [0.15, 0.2) is 47.4 Å². The Hall–Kier alpha value is -2.05. The summed E-state index contributed by atoms with van der Waals surface area (Å²) in [6.07, 6.45) is 6.03. The van der Waals surface area contributed by atoms with Crippen molar-refractivity contribution in [3.8, 4) is 17.2 Å². The monoisotopic (exact) mass is 364 g/mol. The molecule has 5 nitrogen and oxygen atoms in total. The summed E-state index contributed by atoms with van der Waals surface area (Å²) in [5.41, 5.74) is 0.690. The van der Waals surface area contributed by atoms with Crippen LogP contribution in [0.5, 0.6) is 17.2 Å². The first-order chi connectivity index (χ1) is 11.9. The summed E-state index contributed by atoms with van der Waals surface area (Å²) < 4.78 is 38.6. The predicted octanol–water partition coefficient (Wildman–Crippen LogP) is 4.94. The summed E-state index contributed by atoms with van der Waals surface area (Å²) in [5.74, 6) is 0.120. The van der Waals surface area contributed by atoms with E-state index in [1.165, 1.54) is 18.6 Å². The molecule has 2 N–H and O–H groups in total. The van der Waals surface area contributed by atoms with E-state index in [2.05, 4.69) is 6.92 Å². The molecule has 25 heavy (non-hydrogen) atoms. The van der Waals surface area contributed by atoms with Crippen molar-refractivity contribution >= 4 is 10.1 Å². The quantitative estimate of drug-likeness (QED) is 0.486. The third kappa shape index (κ3) is 5.47. The predicted molar refractivity (Wildman–Crippen MR) is 96.9 cm³/mol. The zero-order valence-electron chi connectivity index (χ0n) is 14.3. The molecular weight excluding hydrogens is 340 g/mol. The minimum Gasteiger partial charge on any atom is -0.504 e. The molecule has 0 aliphatic carbocycles. The molecule has 2 rings (SSSR count).